The predicted octanol–water partition coefficient (Wildman–Crippen LogP) is 1.76. The van der Waals surface area contributed by atoms with Gasteiger partial charge < -0.3 is 16.4 Å². The average molecular weight is 260 g/mol. The van der Waals surface area contributed by atoms with Crippen LogP contribution in [-0.4, -0.2) is 18.5 Å². The van der Waals surface area contributed by atoms with E-state index in [4.69, 9.17) is 23.1 Å². The lowest BCUT2D eigenvalue weighted by molar-refractivity contribution is -0.116. The van der Waals surface area contributed by atoms with Crippen LogP contribution in [0.4, 0.5) is 15.8 Å². The number of primary amides is 1. The average Bonchev–Trinajstić information content (AvgIpc) is 2.20. The van der Waals surface area contributed by atoms with Gasteiger partial charge in [0.25, 0.3) is 0 Å². The minimum Gasteiger partial charge on any atom is -0.397 e. The zero-order valence-electron chi connectivity index (χ0n) is 9.71. The molecule has 0 aliphatic rings. The molecule has 0 saturated carbocycles. The normalized spacial score (nSPS) is 10.6. The molecule has 1 amide bonds. The zero-order chi connectivity index (χ0) is 13.2. The molecule has 0 aliphatic heterocycles. The molecule has 1 aromatic rings. The Labute approximate surface area is 104 Å². The Morgan fingerprint density at radius 2 is 2.12 bits per heavy atom. The van der Waals surface area contributed by atoms with Crippen LogP contribution in [0, 0.1) is 5.82 Å². The fraction of sp³-hybridized carbons (Fsp3) is 0.364. The highest BCUT2D eigenvalue weighted by Crippen LogP contribution is 2.30. The van der Waals surface area contributed by atoms with Crippen molar-refractivity contribution >= 4 is 28.9 Å². The van der Waals surface area contributed by atoms with Crippen molar-refractivity contribution in [2.24, 2.45) is 5.73 Å². The van der Waals surface area contributed by atoms with Crippen molar-refractivity contribution in [3.8, 4) is 0 Å². The van der Waals surface area contributed by atoms with E-state index in [1.165, 1.54) is 12.1 Å². The van der Waals surface area contributed by atoms with Crippen molar-refractivity contribution in [3.63, 3.8) is 0 Å². The zero-order valence-corrected chi connectivity index (χ0v) is 10.5. The van der Waals surface area contributed by atoms with Gasteiger partial charge in [0, 0.05) is 12.1 Å². The molecule has 1 aromatic carbocycles. The second kappa shape index (κ2) is 5.23. The second-order valence-corrected chi connectivity index (χ2v) is 4.42. The highest BCUT2D eigenvalue weighted by atomic mass is 35.5. The van der Waals surface area contributed by atoms with Crippen molar-refractivity contribution in [2.45, 2.75) is 19.9 Å². The number of benzene rings is 1. The molecule has 0 radical (unpaired) electrons. The lowest BCUT2D eigenvalue weighted by atomic mass is 10.2. The smallest absolute Gasteiger partial charge is 0.236 e. The van der Waals surface area contributed by atoms with Gasteiger partial charge in [0.2, 0.25) is 5.91 Å². The fourth-order valence-corrected chi connectivity index (χ4v) is 1.69. The molecule has 17 heavy (non-hydrogen) atoms. The van der Waals surface area contributed by atoms with Crippen LogP contribution in [0.15, 0.2) is 12.1 Å². The Bertz CT molecular complexity index is 437. The predicted molar refractivity (Wildman–Crippen MR) is 67.5 cm³/mol. The Hall–Kier alpha value is -1.49. The Morgan fingerprint density at radius 1 is 1.53 bits per heavy atom. The van der Waals surface area contributed by atoms with Gasteiger partial charge in [0.15, 0.2) is 0 Å². The van der Waals surface area contributed by atoms with Crippen LogP contribution in [0.3, 0.4) is 0 Å². The molecule has 0 atom stereocenters. The van der Waals surface area contributed by atoms with E-state index < -0.39 is 11.7 Å². The number of carbonyl (C=O) groups is 1. The maximum atomic E-state index is 13.4. The molecular formula is C11H15ClFN3O. The van der Waals surface area contributed by atoms with Gasteiger partial charge in [-0.2, -0.15) is 0 Å². The summed E-state index contributed by atoms with van der Waals surface area (Å²) in [6.07, 6.45) is 0. The maximum absolute atomic E-state index is 13.4. The number of amides is 1. The Morgan fingerprint density at radius 3 is 2.59 bits per heavy atom. The van der Waals surface area contributed by atoms with Gasteiger partial charge in [-0.15, -0.1) is 0 Å². The minimum absolute atomic E-state index is 0.0249. The topological polar surface area (TPSA) is 72.3 Å². The number of halogens is 2. The van der Waals surface area contributed by atoms with E-state index in [2.05, 4.69) is 0 Å². The molecule has 0 saturated heterocycles. The van der Waals surface area contributed by atoms with Crippen LogP contribution < -0.4 is 16.4 Å². The van der Waals surface area contributed by atoms with Gasteiger partial charge in [-0.05, 0) is 19.9 Å². The molecule has 94 valence electrons. The van der Waals surface area contributed by atoms with E-state index in [1.807, 2.05) is 13.8 Å². The molecule has 1 rings (SSSR count). The maximum Gasteiger partial charge on any atom is 0.236 e. The number of hydrogen-bond acceptors (Lipinski definition) is 3. The number of carbonyl (C=O) groups excluding carboxylic acids is 1. The van der Waals surface area contributed by atoms with Gasteiger partial charge in [0.05, 0.1) is 22.9 Å². The molecule has 0 fully saturated rings. The molecule has 4 N–H and O–H groups in total. The molecule has 6 heteroatoms. The number of nitrogens with zero attached hydrogens (tertiary/aromatic N) is 1. The third kappa shape index (κ3) is 3.23. The Balaban J connectivity index is 3.18. The van der Waals surface area contributed by atoms with E-state index in [0.717, 1.165) is 0 Å². The summed E-state index contributed by atoms with van der Waals surface area (Å²) >= 11 is 5.61. The summed E-state index contributed by atoms with van der Waals surface area (Å²) in [5, 5.41) is -0.0472. The highest BCUT2D eigenvalue weighted by molar-refractivity contribution is 6.31. The van der Waals surface area contributed by atoms with Gasteiger partial charge in [-0.25, -0.2) is 4.39 Å². The number of anilines is 2. The fourth-order valence-electron chi connectivity index (χ4n) is 1.51. The van der Waals surface area contributed by atoms with Crippen molar-refractivity contribution in [1.29, 1.82) is 0 Å². The first-order valence-electron chi connectivity index (χ1n) is 5.12. The van der Waals surface area contributed by atoms with Crippen LogP contribution >= 0.6 is 11.6 Å². The molecule has 0 bridgehead atoms. The monoisotopic (exact) mass is 259 g/mol. The minimum atomic E-state index is -0.578. The van der Waals surface area contributed by atoms with Crippen LogP contribution in [0.5, 0.6) is 0 Å². The second-order valence-electron chi connectivity index (χ2n) is 4.01. The van der Waals surface area contributed by atoms with E-state index in [9.17, 15) is 9.18 Å². The number of nitrogen functional groups attached to an aromatic ring is 1. The van der Waals surface area contributed by atoms with Gasteiger partial charge >= 0.3 is 0 Å². The summed E-state index contributed by atoms with van der Waals surface area (Å²) in [5.41, 5.74) is 11.6. The van der Waals surface area contributed by atoms with Crippen molar-refractivity contribution < 1.29 is 9.18 Å². The molecule has 4 nitrogen and oxygen atoms in total. The van der Waals surface area contributed by atoms with Crippen LogP contribution in [0.2, 0.25) is 5.02 Å². The van der Waals surface area contributed by atoms with Crippen LogP contribution in [0.25, 0.3) is 0 Å². The number of rotatable bonds is 4. The first-order valence-corrected chi connectivity index (χ1v) is 5.50. The largest absolute Gasteiger partial charge is 0.397 e. The highest BCUT2D eigenvalue weighted by Gasteiger charge is 2.17. The van der Waals surface area contributed by atoms with Crippen molar-refractivity contribution in [1.82, 2.24) is 0 Å². The summed E-state index contributed by atoms with van der Waals surface area (Å²) in [6.45, 7) is 3.69. The third-order valence-electron chi connectivity index (χ3n) is 2.33. The van der Waals surface area contributed by atoms with E-state index in [1.54, 1.807) is 4.90 Å². The van der Waals surface area contributed by atoms with E-state index >= 15 is 0 Å². The molecule has 0 aromatic heterocycles. The number of hydrogen-bond donors (Lipinski definition) is 2. The third-order valence-corrected chi connectivity index (χ3v) is 2.62. The quantitative estimate of drug-likeness (QED) is 0.810. The summed E-state index contributed by atoms with van der Waals surface area (Å²) in [6, 6.07) is 2.49. The first-order chi connectivity index (χ1) is 7.82. The van der Waals surface area contributed by atoms with Gasteiger partial charge in [-0.3, -0.25) is 4.79 Å². The molecule has 0 aliphatic carbocycles. The standard InChI is InChI=1S/C11H15ClFN3O/c1-6(2)16(5-11(15)17)10-4-8(13)7(12)3-9(10)14/h3-4,6H,5,14H2,1-2H3,(H2,15,17). The summed E-state index contributed by atoms with van der Waals surface area (Å²) in [4.78, 5) is 12.6. The summed E-state index contributed by atoms with van der Waals surface area (Å²) < 4.78 is 13.4. The van der Waals surface area contributed by atoms with Crippen molar-refractivity contribution in [3.05, 3.63) is 23.0 Å². The van der Waals surface area contributed by atoms with Crippen molar-refractivity contribution in [2.75, 3.05) is 17.2 Å². The number of nitrogens with two attached hydrogens (primary N) is 2. The van der Waals surface area contributed by atoms with Crippen LogP contribution in [-0.2, 0) is 4.79 Å². The van der Waals surface area contributed by atoms with Gasteiger partial charge in [0.1, 0.15) is 5.82 Å². The molecule has 0 unspecified atom stereocenters. The van der Waals surface area contributed by atoms with Crippen LogP contribution in [0.1, 0.15) is 13.8 Å². The molecular weight excluding hydrogens is 245 g/mol. The summed E-state index contributed by atoms with van der Waals surface area (Å²) in [5.74, 6) is -1.08. The first kappa shape index (κ1) is 13.6. The summed E-state index contributed by atoms with van der Waals surface area (Å²) in [7, 11) is 0. The Kier molecular flexibility index (Phi) is 4.17. The molecule has 0 spiro atoms. The van der Waals surface area contributed by atoms with Gasteiger partial charge in [-0.1, -0.05) is 11.6 Å². The van der Waals surface area contributed by atoms with E-state index in [0.29, 0.717) is 11.4 Å². The lowest BCUT2D eigenvalue weighted by Gasteiger charge is -2.28. The molecule has 0 heterocycles. The van der Waals surface area contributed by atoms with E-state index in [-0.39, 0.29) is 17.6 Å². The SMILES string of the molecule is CC(C)N(CC(N)=O)c1cc(F)c(Cl)cc1N. The lowest BCUT2D eigenvalue weighted by Crippen LogP contribution is -2.39.